The molecule has 0 fully saturated rings. The molecular formula is C37H33N3O5. The highest BCUT2D eigenvalue weighted by Crippen LogP contribution is 2.30. The lowest BCUT2D eigenvalue weighted by Crippen LogP contribution is -2.21. The Morgan fingerprint density at radius 2 is 1.38 bits per heavy atom. The fraction of sp³-hybridized carbons (Fsp3) is 0.162. The van der Waals surface area contributed by atoms with Crippen LogP contribution in [0.15, 0.2) is 120 Å². The number of imidazole rings is 1. The summed E-state index contributed by atoms with van der Waals surface area (Å²) in [6.45, 7) is 0.630. The summed E-state index contributed by atoms with van der Waals surface area (Å²) in [7, 11) is 3.15. The first-order valence-electron chi connectivity index (χ1n) is 14.7. The summed E-state index contributed by atoms with van der Waals surface area (Å²) in [5, 5.41) is 0. The van der Waals surface area contributed by atoms with Gasteiger partial charge in [0.15, 0.2) is 0 Å². The van der Waals surface area contributed by atoms with Crippen LogP contribution in [0.2, 0.25) is 0 Å². The predicted octanol–water partition coefficient (Wildman–Crippen LogP) is 6.65. The van der Waals surface area contributed by atoms with Crippen LogP contribution >= 0.6 is 0 Å². The van der Waals surface area contributed by atoms with Crippen LogP contribution < -0.4 is 15.2 Å². The van der Waals surface area contributed by atoms with Gasteiger partial charge in [0.25, 0.3) is 0 Å². The number of esters is 1. The summed E-state index contributed by atoms with van der Waals surface area (Å²) in [5.41, 5.74) is 6.75. The van der Waals surface area contributed by atoms with Gasteiger partial charge in [0, 0.05) is 19.5 Å². The highest BCUT2D eigenvalue weighted by atomic mass is 16.5. The van der Waals surface area contributed by atoms with Crippen LogP contribution in [0, 0.1) is 0 Å². The van der Waals surface area contributed by atoms with Gasteiger partial charge in [0.05, 0.1) is 18.1 Å². The number of nitrogens with zero attached hydrogens (tertiary/aromatic N) is 3. The number of aryl methyl sites for hydroxylation is 2. The second-order valence-corrected chi connectivity index (χ2v) is 10.7. The Balaban J connectivity index is 1.36. The fourth-order valence-electron chi connectivity index (χ4n) is 5.23. The maximum atomic E-state index is 13.8. The number of benzene rings is 4. The van der Waals surface area contributed by atoms with Gasteiger partial charge in [-0.15, -0.1) is 0 Å². The number of fused-ring (bicyclic) bond motifs is 1. The molecule has 0 amide bonds. The number of carbonyl (C=O) groups excluding carboxylic acids is 1. The average molecular weight is 600 g/mol. The van der Waals surface area contributed by atoms with E-state index in [1.54, 1.807) is 22.2 Å². The maximum Gasteiger partial charge on any atom is 0.333 e. The number of carbonyl (C=O) groups is 1. The van der Waals surface area contributed by atoms with Crippen molar-refractivity contribution in [2.75, 3.05) is 7.11 Å². The van der Waals surface area contributed by atoms with E-state index in [4.69, 9.17) is 19.2 Å². The zero-order valence-electron chi connectivity index (χ0n) is 25.2. The number of hydrogen-bond donors (Lipinski definition) is 0. The van der Waals surface area contributed by atoms with E-state index in [0.717, 1.165) is 38.9 Å². The van der Waals surface area contributed by atoms with Crippen molar-refractivity contribution < 1.29 is 19.0 Å². The Morgan fingerprint density at radius 1 is 0.711 bits per heavy atom. The Hall–Kier alpha value is -5.63. The van der Waals surface area contributed by atoms with Crippen molar-refractivity contribution >= 4 is 17.0 Å². The first-order chi connectivity index (χ1) is 22.0. The molecule has 226 valence electrons. The molecule has 2 aromatic heterocycles. The van der Waals surface area contributed by atoms with E-state index in [0.29, 0.717) is 36.9 Å². The van der Waals surface area contributed by atoms with E-state index in [1.165, 1.54) is 7.11 Å². The van der Waals surface area contributed by atoms with Crippen molar-refractivity contribution in [3.8, 4) is 28.6 Å². The van der Waals surface area contributed by atoms with Crippen LogP contribution in [-0.2, 0) is 36.2 Å². The van der Waals surface area contributed by atoms with Crippen LogP contribution in [0.1, 0.15) is 23.1 Å². The molecule has 0 aliphatic rings. The van der Waals surface area contributed by atoms with E-state index >= 15 is 0 Å². The SMILES string of the molecule is COC(=O)CCc1cccc(-c2ccc3c(c2)n(C)c(=O)n3-c2ccc(OCc3ccccc3)nc2OCc2ccccc2)c1. The van der Waals surface area contributed by atoms with Crippen molar-refractivity contribution in [3.05, 3.63) is 142 Å². The van der Waals surface area contributed by atoms with Gasteiger partial charge in [-0.3, -0.25) is 13.9 Å². The summed E-state index contributed by atoms with van der Waals surface area (Å²) in [6, 6.07) is 37.2. The molecule has 0 spiro atoms. The van der Waals surface area contributed by atoms with E-state index in [1.807, 2.05) is 103 Å². The summed E-state index contributed by atoms with van der Waals surface area (Å²) >= 11 is 0. The molecule has 0 aliphatic carbocycles. The summed E-state index contributed by atoms with van der Waals surface area (Å²) < 4.78 is 20.3. The maximum absolute atomic E-state index is 13.8. The normalized spacial score (nSPS) is 11.0. The smallest absolute Gasteiger partial charge is 0.333 e. The zero-order chi connectivity index (χ0) is 31.2. The van der Waals surface area contributed by atoms with E-state index < -0.39 is 0 Å². The van der Waals surface area contributed by atoms with Crippen LogP contribution in [-0.4, -0.2) is 27.2 Å². The lowest BCUT2D eigenvalue weighted by molar-refractivity contribution is -0.140. The minimum atomic E-state index is -0.240. The summed E-state index contributed by atoms with van der Waals surface area (Å²) in [5.74, 6) is 0.449. The fourth-order valence-corrected chi connectivity index (χ4v) is 5.23. The minimum Gasteiger partial charge on any atom is -0.473 e. The van der Waals surface area contributed by atoms with Crippen LogP contribution in [0.25, 0.3) is 27.8 Å². The first-order valence-corrected chi connectivity index (χ1v) is 14.7. The molecule has 45 heavy (non-hydrogen) atoms. The standard InChI is InChI=1S/C37H33N3O5/c1-39-33-23-30(29-15-9-14-26(22-29)16-21-35(41)43-2)17-18-31(33)40(37(39)42)32-19-20-34(44-24-27-10-5-3-6-11-27)38-36(32)45-25-28-12-7-4-8-13-28/h3-15,17-20,22-23H,16,21,24-25H2,1-2H3. The monoisotopic (exact) mass is 599 g/mol. The number of rotatable bonds is 11. The average Bonchev–Trinajstić information content (AvgIpc) is 3.34. The predicted molar refractivity (Wildman–Crippen MR) is 174 cm³/mol. The zero-order valence-corrected chi connectivity index (χ0v) is 25.2. The van der Waals surface area contributed by atoms with Gasteiger partial charge in [0.2, 0.25) is 11.8 Å². The van der Waals surface area contributed by atoms with Crippen molar-refractivity contribution in [3.63, 3.8) is 0 Å². The molecule has 2 heterocycles. The summed E-state index contributed by atoms with van der Waals surface area (Å²) in [4.78, 5) is 30.1. The first kappa shape index (κ1) is 29.4. The lowest BCUT2D eigenvalue weighted by Gasteiger charge is -2.14. The van der Waals surface area contributed by atoms with Gasteiger partial charge in [0.1, 0.15) is 18.9 Å². The largest absolute Gasteiger partial charge is 0.473 e. The lowest BCUT2D eigenvalue weighted by atomic mass is 10.0. The van der Waals surface area contributed by atoms with Crippen molar-refractivity contribution in [1.29, 1.82) is 0 Å². The number of aromatic nitrogens is 3. The molecule has 0 saturated heterocycles. The van der Waals surface area contributed by atoms with Crippen molar-refractivity contribution in [2.24, 2.45) is 7.05 Å². The third kappa shape index (κ3) is 6.65. The van der Waals surface area contributed by atoms with Gasteiger partial charge in [-0.25, -0.2) is 4.79 Å². The second-order valence-electron chi connectivity index (χ2n) is 10.7. The Bertz CT molecular complexity index is 2000. The van der Waals surface area contributed by atoms with Gasteiger partial charge in [-0.05, 0) is 52.4 Å². The number of hydrogen-bond acceptors (Lipinski definition) is 6. The molecule has 0 aliphatic heterocycles. The van der Waals surface area contributed by atoms with Gasteiger partial charge < -0.3 is 14.2 Å². The highest BCUT2D eigenvalue weighted by Gasteiger charge is 2.19. The van der Waals surface area contributed by atoms with Gasteiger partial charge in [-0.2, -0.15) is 4.98 Å². The topological polar surface area (TPSA) is 84.6 Å². The molecular weight excluding hydrogens is 566 g/mol. The highest BCUT2D eigenvalue weighted by molar-refractivity contribution is 5.84. The second kappa shape index (κ2) is 13.3. The molecule has 0 radical (unpaired) electrons. The summed E-state index contributed by atoms with van der Waals surface area (Å²) in [6.07, 6.45) is 0.899. The number of methoxy groups -OCH3 is 1. The Morgan fingerprint density at radius 3 is 2.09 bits per heavy atom. The molecule has 0 bridgehead atoms. The molecule has 6 rings (SSSR count). The third-order valence-corrected chi connectivity index (χ3v) is 7.67. The van der Waals surface area contributed by atoms with E-state index in [2.05, 4.69) is 6.07 Å². The number of ether oxygens (including phenoxy) is 3. The van der Waals surface area contributed by atoms with Gasteiger partial charge in [-0.1, -0.05) is 91.0 Å². The molecule has 0 saturated carbocycles. The third-order valence-electron chi connectivity index (χ3n) is 7.67. The quantitative estimate of drug-likeness (QED) is 0.155. The van der Waals surface area contributed by atoms with Crippen molar-refractivity contribution in [2.45, 2.75) is 26.1 Å². The Labute approximate surface area is 261 Å². The molecule has 8 nitrogen and oxygen atoms in total. The molecule has 0 N–H and O–H groups in total. The Kier molecular flexibility index (Phi) is 8.73. The van der Waals surface area contributed by atoms with Gasteiger partial charge >= 0.3 is 11.7 Å². The molecule has 8 heteroatoms. The van der Waals surface area contributed by atoms with E-state index in [9.17, 15) is 9.59 Å². The molecule has 6 aromatic rings. The van der Waals surface area contributed by atoms with Crippen molar-refractivity contribution in [1.82, 2.24) is 14.1 Å². The molecule has 4 aromatic carbocycles. The minimum absolute atomic E-state index is 0.224. The van der Waals surface area contributed by atoms with Crippen LogP contribution in [0.4, 0.5) is 0 Å². The number of pyridine rings is 1. The molecule has 0 atom stereocenters. The van der Waals surface area contributed by atoms with Crippen LogP contribution in [0.3, 0.4) is 0 Å². The van der Waals surface area contributed by atoms with Crippen LogP contribution in [0.5, 0.6) is 11.8 Å². The van der Waals surface area contributed by atoms with E-state index in [-0.39, 0.29) is 18.3 Å². The molecule has 0 unspecified atom stereocenters.